The highest BCUT2D eigenvalue weighted by molar-refractivity contribution is 5.92. The normalized spacial score (nSPS) is 17.9. The smallest absolute Gasteiger partial charge is 0.137 e. The molecule has 4 heterocycles. The van der Waals surface area contributed by atoms with Gasteiger partial charge in [0, 0.05) is 37.3 Å². The van der Waals surface area contributed by atoms with Crippen molar-refractivity contribution in [2.75, 3.05) is 24.5 Å². The molecule has 5 rings (SSSR count). The number of rotatable bonds is 2. The summed E-state index contributed by atoms with van der Waals surface area (Å²) in [5.74, 6) is 0. The highest BCUT2D eigenvalue weighted by atomic mass is 15.2. The van der Waals surface area contributed by atoms with E-state index in [2.05, 4.69) is 56.9 Å². The van der Waals surface area contributed by atoms with Gasteiger partial charge in [0.1, 0.15) is 5.65 Å². The molecule has 130 valence electrons. The van der Waals surface area contributed by atoms with Crippen LogP contribution in [0.2, 0.25) is 0 Å². The first-order valence-corrected chi connectivity index (χ1v) is 9.10. The summed E-state index contributed by atoms with van der Waals surface area (Å²) in [6, 6.07) is 17.2. The quantitative estimate of drug-likeness (QED) is 0.606. The maximum absolute atomic E-state index is 5.05. The summed E-state index contributed by atoms with van der Waals surface area (Å²) in [5.41, 5.74) is 5.18. The molecule has 1 saturated heterocycles. The predicted octanol–water partition coefficient (Wildman–Crippen LogP) is 3.35. The minimum atomic E-state index is 0.487. The third-order valence-corrected chi connectivity index (χ3v) is 5.09. The van der Waals surface area contributed by atoms with Crippen LogP contribution in [0.25, 0.3) is 27.9 Å². The molecule has 0 aliphatic carbocycles. The monoisotopic (exact) mass is 343 g/mol. The minimum absolute atomic E-state index is 0.487. The molecule has 1 aliphatic heterocycles. The van der Waals surface area contributed by atoms with Gasteiger partial charge in [-0.15, -0.1) is 0 Å². The van der Waals surface area contributed by atoms with Crippen molar-refractivity contribution in [1.82, 2.24) is 19.7 Å². The summed E-state index contributed by atoms with van der Waals surface area (Å²) in [4.78, 5) is 12.0. The van der Waals surface area contributed by atoms with Gasteiger partial charge in [-0.1, -0.05) is 24.3 Å². The maximum Gasteiger partial charge on any atom is 0.137 e. The maximum atomic E-state index is 5.05. The van der Waals surface area contributed by atoms with Gasteiger partial charge in [-0.3, -0.25) is 4.40 Å². The van der Waals surface area contributed by atoms with Gasteiger partial charge in [-0.05, 0) is 31.2 Å². The molecule has 0 amide bonds. The van der Waals surface area contributed by atoms with Crippen LogP contribution in [0.1, 0.15) is 6.92 Å². The standard InChI is InChI=1S/C21H21N5/c1-15-14-25(12-10-22-15)18-6-4-5-16-8-9-17(24-21(16)18)19-13-23-20-7-2-3-11-26(19)20/h2-9,11,13,15,22H,10,12,14H2,1H3. The molecule has 0 saturated carbocycles. The first-order valence-electron chi connectivity index (χ1n) is 9.10. The summed E-state index contributed by atoms with van der Waals surface area (Å²) in [6.45, 7) is 5.24. The summed E-state index contributed by atoms with van der Waals surface area (Å²) in [7, 11) is 0. The highest BCUT2D eigenvalue weighted by Gasteiger charge is 2.19. The number of aromatic nitrogens is 3. The Labute approximate surface area is 152 Å². The second-order valence-electron chi connectivity index (χ2n) is 6.92. The van der Waals surface area contributed by atoms with E-state index in [0.29, 0.717) is 6.04 Å². The molecule has 1 unspecified atom stereocenters. The van der Waals surface area contributed by atoms with Crippen molar-refractivity contribution in [2.45, 2.75) is 13.0 Å². The first-order chi connectivity index (χ1) is 12.8. The third kappa shape index (κ3) is 2.52. The van der Waals surface area contributed by atoms with Crippen molar-refractivity contribution in [3.05, 3.63) is 60.9 Å². The fourth-order valence-electron chi connectivity index (χ4n) is 3.80. The zero-order chi connectivity index (χ0) is 17.5. The van der Waals surface area contributed by atoms with E-state index in [1.165, 1.54) is 11.1 Å². The summed E-state index contributed by atoms with van der Waals surface area (Å²) < 4.78 is 2.09. The number of nitrogens with one attached hydrogen (secondary N) is 1. The lowest BCUT2D eigenvalue weighted by atomic mass is 10.1. The van der Waals surface area contributed by atoms with Gasteiger partial charge in [0.25, 0.3) is 0 Å². The molecule has 0 bridgehead atoms. The number of piperazine rings is 1. The molecule has 1 aromatic carbocycles. The molecule has 0 spiro atoms. The fraction of sp³-hybridized carbons (Fsp3) is 0.238. The van der Waals surface area contributed by atoms with E-state index in [1.807, 2.05) is 30.6 Å². The largest absolute Gasteiger partial charge is 0.367 e. The van der Waals surface area contributed by atoms with Crippen LogP contribution in [-0.4, -0.2) is 40.0 Å². The Morgan fingerprint density at radius 2 is 2.04 bits per heavy atom. The van der Waals surface area contributed by atoms with E-state index in [4.69, 9.17) is 4.98 Å². The molecular formula is C21H21N5. The number of benzene rings is 1. The Morgan fingerprint density at radius 3 is 2.96 bits per heavy atom. The molecule has 3 aromatic heterocycles. The van der Waals surface area contributed by atoms with Gasteiger partial charge in [-0.2, -0.15) is 0 Å². The molecular weight excluding hydrogens is 322 g/mol. The van der Waals surface area contributed by atoms with Crippen molar-refractivity contribution in [3.8, 4) is 11.4 Å². The SMILES string of the molecule is CC1CN(c2cccc3ccc(-c4cnc5ccccn45)nc23)CCN1. The van der Waals surface area contributed by atoms with E-state index < -0.39 is 0 Å². The number of imidazole rings is 1. The van der Waals surface area contributed by atoms with Crippen LogP contribution < -0.4 is 10.2 Å². The average molecular weight is 343 g/mol. The number of anilines is 1. The second-order valence-corrected chi connectivity index (χ2v) is 6.92. The van der Waals surface area contributed by atoms with E-state index in [-0.39, 0.29) is 0 Å². The Kier molecular flexibility index (Phi) is 3.60. The van der Waals surface area contributed by atoms with Crippen molar-refractivity contribution < 1.29 is 0 Å². The van der Waals surface area contributed by atoms with Crippen molar-refractivity contribution in [2.24, 2.45) is 0 Å². The second kappa shape index (κ2) is 6.11. The fourth-order valence-corrected chi connectivity index (χ4v) is 3.80. The molecule has 1 N–H and O–H groups in total. The molecule has 5 nitrogen and oxygen atoms in total. The molecule has 1 atom stereocenters. The third-order valence-electron chi connectivity index (χ3n) is 5.09. The summed E-state index contributed by atoms with van der Waals surface area (Å²) in [6.07, 6.45) is 3.94. The number of para-hydroxylation sites is 1. The van der Waals surface area contributed by atoms with Crippen LogP contribution >= 0.6 is 0 Å². The van der Waals surface area contributed by atoms with Crippen molar-refractivity contribution in [1.29, 1.82) is 0 Å². The summed E-state index contributed by atoms with van der Waals surface area (Å²) in [5, 5.41) is 4.68. The van der Waals surface area contributed by atoms with E-state index in [9.17, 15) is 0 Å². The molecule has 0 radical (unpaired) electrons. The Hall–Kier alpha value is -2.92. The van der Waals surface area contributed by atoms with Gasteiger partial charge in [0.05, 0.1) is 28.8 Å². The van der Waals surface area contributed by atoms with Crippen LogP contribution in [0.5, 0.6) is 0 Å². The van der Waals surface area contributed by atoms with Crippen LogP contribution in [0.3, 0.4) is 0 Å². The van der Waals surface area contributed by atoms with Crippen LogP contribution in [0.15, 0.2) is 60.9 Å². The van der Waals surface area contributed by atoms with Gasteiger partial charge in [-0.25, -0.2) is 9.97 Å². The van der Waals surface area contributed by atoms with Gasteiger partial charge >= 0.3 is 0 Å². The minimum Gasteiger partial charge on any atom is -0.367 e. The van der Waals surface area contributed by atoms with Crippen molar-refractivity contribution in [3.63, 3.8) is 0 Å². The first kappa shape index (κ1) is 15.3. The number of nitrogens with zero attached hydrogens (tertiary/aromatic N) is 4. The topological polar surface area (TPSA) is 45.5 Å². The van der Waals surface area contributed by atoms with Gasteiger partial charge in [0.15, 0.2) is 0 Å². The van der Waals surface area contributed by atoms with Crippen LogP contribution in [0.4, 0.5) is 5.69 Å². The zero-order valence-corrected chi connectivity index (χ0v) is 14.8. The number of hydrogen-bond donors (Lipinski definition) is 1. The highest BCUT2D eigenvalue weighted by Crippen LogP contribution is 2.29. The Balaban J connectivity index is 1.66. The Bertz CT molecular complexity index is 1080. The zero-order valence-electron chi connectivity index (χ0n) is 14.8. The molecule has 1 aliphatic rings. The molecule has 1 fully saturated rings. The lowest BCUT2D eigenvalue weighted by molar-refractivity contribution is 0.485. The predicted molar refractivity (Wildman–Crippen MR) is 106 cm³/mol. The lowest BCUT2D eigenvalue weighted by Gasteiger charge is -2.34. The number of hydrogen-bond acceptors (Lipinski definition) is 4. The van der Waals surface area contributed by atoms with Crippen molar-refractivity contribution >= 4 is 22.2 Å². The Morgan fingerprint density at radius 1 is 1.08 bits per heavy atom. The van der Waals surface area contributed by atoms with Crippen LogP contribution in [-0.2, 0) is 0 Å². The molecule has 26 heavy (non-hydrogen) atoms. The number of fused-ring (bicyclic) bond motifs is 2. The van der Waals surface area contributed by atoms with Gasteiger partial charge in [0.2, 0.25) is 0 Å². The average Bonchev–Trinajstić information content (AvgIpc) is 3.11. The van der Waals surface area contributed by atoms with Gasteiger partial charge < -0.3 is 10.2 Å². The molecule has 4 aromatic rings. The van der Waals surface area contributed by atoms with E-state index in [0.717, 1.165) is 42.2 Å². The molecule has 5 heteroatoms. The number of pyridine rings is 2. The van der Waals surface area contributed by atoms with E-state index >= 15 is 0 Å². The summed E-state index contributed by atoms with van der Waals surface area (Å²) >= 11 is 0. The van der Waals surface area contributed by atoms with E-state index in [1.54, 1.807) is 0 Å². The lowest BCUT2D eigenvalue weighted by Crippen LogP contribution is -2.49. The van der Waals surface area contributed by atoms with Crippen LogP contribution in [0, 0.1) is 0 Å².